The number of hydrogen-bond donors (Lipinski definition) is 1. The third kappa shape index (κ3) is 4.49. The number of thiophene rings is 1. The summed E-state index contributed by atoms with van der Waals surface area (Å²) in [6, 6.07) is 7.28. The number of nitrogens with zero attached hydrogens (tertiary/aromatic N) is 3. The lowest BCUT2D eigenvalue weighted by Crippen LogP contribution is -2.26. The molecule has 3 aromatic rings. The number of thioether (sulfide) groups is 1. The van der Waals surface area contributed by atoms with Crippen LogP contribution < -0.4 is 10.9 Å². The van der Waals surface area contributed by atoms with Crippen LogP contribution in [0.15, 0.2) is 28.2 Å². The topological polar surface area (TPSA) is 87.8 Å². The Kier molecular flexibility index (Phi) is 6.37. The molecular formula is C22H21ClN4O2S2. The second-order valence-corrected chi connectivity index (χ2v) is 10.4. The molecule has 9 heteroatoms. The van der Waals surface area contributed by atoms with Crippen LogP contribution in [0.4, 0.5) is 5.00 Å². The number of aromatic nitrogens is 2. The Morgan fingerprint density at radius 2 is 2.23 bits per heavy atom. The van der Waals surface area contributed by atoms with Gasteiger partial charge in [0, 0.05) is 16.4 Å². The Bertz CT molecular complexity index is 1270. The summed E-state index contributed by atoms with van der Waals surface area (Å²) < 4.78 is 1.61. The maximum Gasteiger partial charge on any atom is 0.262 e. The summed E-state index contributed by atoms with van der Waals surface area (Å²) >= 11 is 8.78. The summed E-state index contributed by atoms with van der Waals surface area (Å²) in [6.45, 7) is 4.54. The molecule has 0 unspecified atom stereocenters. The van der Waals surface area contributed by atoms with Crippen LogP contribution in [-0.4, -0.2) is 21.2 Å². The van der Waals surface area contributed by atoms with E-state index in [1.54, 1.807) is 22.8 Å². The molecule has 4 rings (SSSR count). The van der Waals surface area contributed by atoms with E-state index in [0.717, 1.165) is 24.8 Å². The normalized spacial score (nSPS) is 12.9. The minimum atomic E-state index is -0.219. The van der Waals surface area contributed by atoms with E-state index in [9.17, 15) is 14.9 Å². The lowest BCUT2D eigenvalue weighted by Gasteiger charge is -2.15. The van der Waals surface area contributed by atoms with Crippen LogP contribution >= 0.6 is 34.7 Å². The predicted octanol–water partition coefficient (Wildman–Crippen LogP) is 4.86. The molecule has 6 nitrogen and oxygen atoms in total. The number of rotatable bonds is 6. The van der Waals surface area contributed by atoms with Gasteiger partial charge in [0.25, 0.3) is 5.56 Å². The van der Waals surface area contributed by atoms with Gasteiger partial charge in [0.05, 0.1) is 22.2 Å². The van der Waals surface area contributed by atoms with E-state index >= 15 is 0 Å². The van der Waals surface area contributed by atoms with Gasteiger partial charge in [-0.15, -0.1) is 11.3 Å². The molecule has 1 N–H and O–H groups in total. The molecule has 0 atom stereocenters. The highest BCUT2D eigenvalue weighted by Gasteiger charge is 2.23. The van der Waals surface area contributed by atoms with E-state index in [2.05, 4.69) is 16.4 Å². The van der Waals surface area contributed by atoms with Crippen LogP contribution in [0.3, 0.4) is 0 Å². The lowest BCUT2D eigenvalue weighted by molar-refractivity contribution is -0.113. The maximum absolute atomic E-state index is 13.1. The van der Waals surface area contributed by atoms with Gasteiger partial charge in [0.2, 0.25) is 5.91 Å². The zero-order valence-electron chi connectivity index (χ0n) is 17.2. The molecule has 0 radical (unpaired) electrons. The zero-order chi connectivity index (χ0) is 22.1. The fraction of sp³-hybridized carbons (Fsp3) is 0.364. The number of aryl methyl sites for hydroxylation is 1. The summed E-state index contributed by atoms with van der Waals surface area (Å²) in [4.78, 5) is 31.5. The van der Waals surface area contributed by atoms with Crippen LogP contribution in [0.25, 0.3) is 10.9 Å². The molecule has 0 saturated heterocycles. The van der Waals surface area contributed by atoms with Gasteiger partial charge in [-0.25, -0.2) is 4.98 Å². The van der Waals surface area contributed by atoms with E-state index in [4.69, 9.17) is 11.6 Å². The molecule has 2 heterocycles. The molecular weight excluding hydrogens is 452 g/mol. The molecule has 160 valence electrons. The fourth-order valence-electron chi connectivity index (χ4n) is 3.71. The van der Waals surface area contributed by atoms with Gasteiger partial charge >= 0.3 is 0 Å². The van der Waals surface area contributed by atoms with Gasteiger partial charge in [-0.3, -0.25) is 14.2 Å². The van der Waals surface area contributed by atoms with Crippen LogP contribution in [0, 0.1) is 17.2 Å². The highest BCUT2D eigenvalue weighted by molar-refractivity contribution is 7.99. The first-order chi connectivity index (χ1) is 14.9. The highest BCUT2D eigenvalue weighted by atomic mass is 35.5. The van der Waals surface area contributed by atoms with Crippen molar-refractivity contribution in [1.82, 2.24) is 9.55 Å². The first kappa shape index (κ1) is 21.9. The standard InChI is InChI=1S/C22H21ClN4O2S2/c1-12(2)10-27-21(29)15-8-13(23)6-7-17(15)25-22(27)30-11-19(28)26-20-16(9-24)14-4-3-5-18(14)31-20/h6-8,12H,3-5,10-11H2,1-2H3,(H,26,28). The Morgan fingerprint density at radius 1 is 1.42 bits per heavy atom. The van der Waals surface area contributed by atoms with Crippen molar-refractivity contribution in [2.24, 2.45) is 5.92 Å². The van der Waals surface area contributed by atoms with Crippen molar-refractivity contribution < 1.29 is 4.79 Å². The largest absolute Gasteiger partial charge is 0.316 e. The molecule has 1 aliphatic rings. The van der Waals surface area contributed by atoms with Crippen molar-refractivity contribution in [2.75, 3.05) is 11.1 Å². The van der Waals surface area contributed by atoms with Crippen molar-refractivity contribution in [3.63, 3.8) is 0 Å². The molecule has 31 heavy (non-hydrogen) atoms. The molecule has 2 aromatic heterocycles. The van der Waals surface area contributed by atoms with Crippen LogP contribution in [0.1, 0.15) is 36.3 Å². The maximum atomic E-state index is 13.1. The number of hydrogen-bond acceptors (Lipinski definition) is 6. The average Bonchev–Trinajstić information content (AvgIpc) is 3.29. The summed E-state index contributed by atoms with van der Waals surface area (Å²) in [5.41, 5.74) is 2.06. The molecule has 1 aliphatic carbocycles. The summed E-state index contributed by atoms with van der Waals surface area (Å²) in [7, 11) is 0. The van der Waals surface area contributed by atoms with E-state index in [1.807, 2.05) is 13.8 Å². The Balaban J connectivity index is 1.57. The van der Waals surface area contributed by atoms with Gasteiger partial charge < -0.3 is 5.32 Å². The number of nitrogens with one attached hydrogen (secondary N) is 1. The summed E-state index contributed by atoms with van der Waals surface area (Å²) in [6.07, 6.45) is 2.92. The molecule has 0 aliphatic heterocycles. The number of amides is 1. The number of anilines is 1. The minimum absolute atomic E-state index is 0.0943. The summed E-state index contributed by atoms with van der Waals surface area (Å²) in [5.74, 6) is 0.107. The smallest absolute Gasteiger partial charge is 0.262 e. The molecule has 1 amide bonds. The zero-order valence-corrected chi connectivity index (χ0v) is 19.6. The first-order valence-electron chi connectivity index (χ1n) is 10.0. The van der Waals surface area contributed by atoms with E-state index in [0.29, 0.717) is 38.2 Å². The van der Waals surface area contributed by atoms with Crippen LogP contribution in [0.5, 0.6) is 0 Å². The SMILES string of the molecule is CC(C)Cn1c(SCC(=O)Nc2sc3c(c2C#N)CCC3)nc2ccc(Cl)cc2c1=O. The van der Waals surface area contributed by atoms with Crippen molar-refractivity contribution in [1.29, 1.82) is 5.26 Å². The number of halogens is 1. The van der Waals surface area contributed by atoms with Crippen molar-refractivity contribution in [2.45, 2.75) is 44.8 Å². The Hall–Kier alpha value is -2.34. The minimum Gasteiger partial charge on any atom is -0.316 e. The quantitative estimate of drug-likeness (QED) is 0.409. The average molecular weight is 473 g/mol. The molecule has 0 fully saturated rings. The van der Waals surface area contributed by atoms with E-state index in [1.165, 1.54) is 28.0 Å². The predicted molar refractivity (Wildman–Crippen MR) is 126 cm³/mol. The third-order valence-electron chi connectivity index (χ3n) is 5.05. The Labute approximate surface area is 193 Å². The van der Waals surface area contributed by atoms with Gasteiger partial charge in [-0.05, 0) is 48.9 Å². The molecule has 0 saturated carbocycles. The van der Waals surface area contributed by atoms with Crippen molar-refractivity contribution in [3.8, 4) is 6.07 Å². The van der Waals surface area contributed by atoms with E-state index < -0.39 is 0 Å². The highest BCUT2D eigenvalue weighted by Crippen LogP contribution is 2.38. The summed E-state index contributed by atoms with van der Waals surface area (Å²) in [5, 5.41) is 14.5. The van der Waals surface area contributed by atoms with Gasteiger partial charge in [-0.2, -0.15) is 5.26 Å². The first-order valence-corrected chi connectivity index (χ1v) is 12.2. The van der Waals surface area contributed by atoms with Crippen LogP contribution in [-0.2, 0) is 24.2 Å². The monoisotopic (exact) mass is 472 g/mol. The van der Waals surface area contributed by atoms with Gasteiger partial charge in [0.1, 0.15) is 11.1 Å². The van der Waals surface area contributed by atoms with Crippen LogP contribution in [0.2, 0.25) is 5.02 Å². The number of carbonyl (C=O) groups excluding carboxylic acids is 1. The second-order valence-electron chi connectivity index (χ2n) is 7.88. The number of nitriles is 1. The lowest BCUT2D eigenvalue weighted by atomic mass is 10.1. The number of fused-ring (bicyclic) bond motifs is 2. The molecule has 1 aromatic carbocycles. The third-order valence-corrected chi connectivity index (χ3v) is 7.47. The fourth-order valence-corrected chi connectivity index (χ4v) is 5.95. The molecule has 0 bridgehead atoms. The van der Waals surface area contributed by atoms with Gasteiger partial charge in [-0.1, -0.05) is 37.2 Å². The molecule has 0 spiro atoms. The Morgan fingerprint density at radius 3 is 2.97 bits per heavy atom. The van der Waals surface area contributed by atoms with Crippen molar-refractivity contribution >= 4 is 56.5 Å². The number of benzene rings is 1. The second kappa shape index (κ2) is 9.03. The van der Waals surface area contributed by atoms with Gasteiger partial charge in [0.15, 0.2) is 5.16 Å². The van der Waals surface area contributed by atoms with Crippen molar-refractivity contribution in [3.05, 3.63) is 49.6 Å². The van der Waals surface area contributed by atoms with E-state index in [-0.39, 0.29) is 23.1 Å². The number of carbonyl (C=O) groups is 1.